The quantitative estimate of drug-likeness (QED) is 0.823. The molecule has 0 bridgehead atoms. The van der Waals surface area contributed by atoms with Gasteiger partial charge in [-0.1, -0.05) is 24.3 Å². The monoisotopic (exact) mass is 421 g/mol. The Labute approximate surface area is 182 Å². The van der Waals surface area contributed by atoms with Crippen LogP contribution in [-0.2, 0) is 14.3 Å². The Kier molecular flexibility index (Phi) is 6.04. The number of carbonyl (C=O) groups excluding carboxylic acids is 3. The lowest BCUT2D eigenvalue weighted by Gasteiger charge is -2.27. The van der Waals surface area contributed by atoms with Crippen LogP contribution in [0.1, 0.15) is 27.9 Å². The number of anilines is 2. The van der Waals surface area contributed by atoms with Gasteiger partial charge in [0.15, 0.2) is 0 Å². The van der Waals surface area contributed by atoms with Gasteiger partial charge in [0.25, 0.3) is 5.91 Å². The highest BCUT2D eigenvalue weighted by Gasteiger charge is 2.36. The first-order valence-corrected chi connectivity index (χ1v) is 10.6. The number of nitrogens with zero attached hydrogens (tertiary/aromatic N) is 2. The van der Waals surface area contributed by atoms with Gasteiger partial charge in [0.1, 0.15) is 0 Å². The average molecular weight is 421 g/mol. The number of benzene rings is 2. The molecule has 0 saturated carbocycles. The number of rotatable bonds is 4. The summed E-state index contributed by atoms with van der Waals surface area (Å²) >= 11 is 0. The minimum Gasteiger partial charge on any atom is -0.378 e. The largest absolute Gasteiger partial charge is 0.378 e. The van der Waals surface area contributed by atoms with Gasteiger partial charge in [-0.15, -0.1) is 0 Å². The van der Waals surface area contributed by atoms with Gasteiger partial charge < -0.3 is 19.9 Å². The molecule has 0 aliphatic carbocycles. The van der Waals surface area contributed by atoms with Crippen LogP contribution >= 0.6 is 0 Å². The Hall–Kier alpha value is -3.19. The van der Waals surface area contributed by atoms with Crippen molar-refractivity contribution in [1.82, 2.24) is 4.90 Å². The van der Waals surface area contributed by atoms with Crippen molar-refractivity contribution < 1.29 is 19.1 Å². The van der Waals surface area contributed by atoms with Crippen molar-refractivity contribution in [2.45, 2.75) is 20.3 Å². The number of hydrogen-bond donors (Lipinski definition) is 1. The third-order valence-corrected chi connectivity index (χ3v) is 5.86. The van der Waals surface area contributed by atoms with E-state index in [1.807, 2.05) is 32.0 Å². The van der Waals surface area contributed by atoms with Gasteiger partial charge in [0.2, 0.25) is 11.8 Å². The molecule has 2 fully saturated rings. The van der Waals surface area contributed by atoms with Crippen LogP contribution in [-0.4, -0.2) is 55.5 Å². The van der Waals surface area contributed by atoms with Crippen LogP contribution in [0.4, 0.5) is 11.4 Å². The summed E-state index contributed by atoms with van der Waals surface area (Å²) in [7, 11) is 0. The molecule has 2 aromatic carbocycles. The van der Waals surface area contributed by atoms with E-state index in [1.165, 1.54) is 0 Å². The van der Waals surface area contributed by atoms with Crippen LogP contribution < -0.4 is 10.2 Å². The van der Waals surface area contributed by atoms with E-state index in [4.69, 9.17) is 4.74 Å². The van der Waals surface area contributed by atoms with Crippen molar-refractivity contribution in [3.63, 3.8) is 0 Å². The average Bonchev–Trinajstić information content (AvgIpc) is 3.17. The van der Waals surface area contributed by atoms with Gasteiger partial charge in [-0.3, -0.25) is 14.4 Å². The molecule has 31 heavy (non-hydrogen) atoms. The van der Waals surface area contributed by atoms with Crippen molar-refractivity contribution in [2.24, 2.45) is 5.92 Å². The first-order valence-electron chi connectivity index (χ1n) is 10.6. The van der Waals surface area contributed by atoms with Gasteiger partial charge in [0.05, 0.1) is 30.4 Å². The second-order valence-corrected chi connectivity index (χ2v) is 8.13. The summed E-state index contributed by atoms with van der Waals surface area (Å²) in [6.07, 6.45) is 0.152. The Balaban J connectivity index is 1.49. The number of carbonyl (C=O) groups is 3. The van der Waals surface area contributed by atoms with Crippen molar-refractivity contribution >= 4 is 29.1 Å². The second-order valence-electron chi connectivity index (χ2n) is 8.13. The molecule has 162 valence electrons. The molecule has 2 heterocycles. The molecule has 0 aromatic heterocycles. The topological polar surface area (TPSA) is 79.0 Å². The van der Waals surface area contributed by atoms with E-state index in [0.29, 0.717) is 44.1 Å². The summed E-state index contributed by atoms with van der Waals surface area (Å²) in [4.78, 5) is 42.0. The van der Waals surface area contributed by atoms with Crippen LogP contribution in [0.25, 0.3) is 0 Å². The number of aryl methyl sites for hydroxylation is 2. The second kappa shape index (κ2) is 8.89. The highest BCUT2D eigenvalue weighted by atomic mass is 16.5. The van der Waals surface area contributed by atoms with Crippen molar-refractivity contribution in [1.29, 1.82) is 0 Å². The van der Waals surface area contributed by atoms with E-state index in [0.717, 1.165) is 16.8 Å². The molecule has 0 spiro atoms. The molecule has 1 unspecified atom stereocenters. The first-order chi connectivity index (χ1) is 14.9. The zero-order valence-corrected chi connectivity index (χ0v) is 17.9. The summed E-state index contributed by atoms with van der Waals surface area (Å²) in [5.41, 5.74) is 3.84. The molecule has 1 N–H and O–H groups in total. The fourth-order valence-electron chi connectivity index (χ4n) is 4.08. The maximum Gasteiger partial charge on any atom is 0.256 e. The molecule has 7 nitrogen and oxygen atoms in total. The van der Waals surface area contributed by atoms with Gasteiger partial charge in [0, 0.05) is 31.7 Å². The van der Waals surface area contributed by atoms with Gasteiger partial charge >= 0.3 is 0 Å². The number of hydrogen-bond acceptors (Lipinski definition) is 4. The zero-order valence-electron chi connectivity index (χ0n) is 17.9. The minimum absolute atomic E-state index is 0.0634. The van der Waals surface area contributed by atoms with E-state index in [1.54, 1.807) is 34.1 Å². The minimum atomic E-state index is -0.473. The molecule has 4 rings (SSSR count). The summed E-state index contributed by atoms with van der Waals surface area (Å²) in [6.45, 7) is 6.36. The van der Waals surface area contributed by atoms with Crippen molar-refractivity contribution in [2.75, 3.05) is 43.1 Å². The number of morpholine rings is 1. The number of para-hydroxylation sites is 1. The molecular weight excluding hydrogens is 394 g/mol. The molecule has 7 heteroatoms. The van der Waals surface area contributed by atoms with Gasteiger partial charge in [-0.2, -0.15) is 0 Å². The predicted octanol–water partition coefficient (Wildman–Crippen LogP) is 2.77. The molecule has 2 aromatic rings. The highest BCUT2D eigenvalue weighted by molar-refractivity contribution is 6.07. The van der Waals surface area contributed by atoms with E-state index in [2.05, 4.69) is 5.32 Å². The third kappa shape index (κ3) is 4.46. The zero-order chi connectivity index (χ0) is 22.0. The Bertz CT molecular complexity index is 1010. The fraction of sp³-hybridized carbons (Fsp3) is 0.375. The molecular formula is C24H27N3O4. The Morgan fingerprint density at radius 1 is 1.06 bits per heavy atom. The normalized spacial score (nSPS) is 18.9. The van der Waals surface area contributed by atoms with Crippen LogP contribution in [0.3, 0.4) is 0 Å². The summed E-state index contributed by atoms with van der Waals surface area (Å²) in [6, 6.07) is 13.0. The molecule has 2 aliphatic rings. The lowest BCUT2D eigenvalue weighted by atomic mass is 10.1. The van der Waals surface area contributed by atoms with Crippen molar-refractivity contribution in [3.05, 3.63) is 59.2 Å². The summed E-state index contributed by atoms with van der Waals surface area (Å²) in [5.74, 6) is -0.910. The van der Waals surface area contributed by atoms with E-state index < -0.39 is 5.92 Å². The maximum absolute atomic E-state index is 13.0. The summed E-state index contributed by atoms with van der Waals surface area (Å²) < 4.78 is 5.32. The molecule has 2 saturated heterocycles. The lowest BCUT2D eigenvalue weighted by molar-refractivity contribution is -0.122. The maximum atomic E-state index is 13.0. The third-order valence-electron chi connectivity index (χ3n) is 5.86. The lowest BCUT2D eigenvalue weighted by Crippen LogP contribution is -2.41. The van der Waals surface area contributed by atoms with Crippen LogP contribution in [0.2, 0.25) is 0 Å². The van der Waals surface area contributed by atoms with E-state index in [9.17, 15) is 14.4 Å². The smallest absolute Gasteiger partial charge is 0.256 e. The Morgan fingerprint density at radius 3 is 2.58 bits per heavy atom. The fourth-order valence-corrected chi connectivity index (χ4v) is 4.08. The number of nitrogens with one attached hydrogen (secondary N) is 1. The summed E-state index contributed by atoms with van der Waals surface area (Å²) in [5, 5.41) is 2.89. The molecule has 2 aliphatic heterocycles. The van der Waals surface area contributed by atoms with Crippen LogP contribution in [0, 0.1) is 19.8 Å². The number of ether oxygens (including phenoxy) is 1. The first kappa shape index (κ1) is 21.1. The van der Waals surface area contributed by atoms with Gasteiger partial charge in [-0.25, -0.2) is 0 Å². The van der Waals surface area contributed by atoms with Gasteiger partial charge in [-0.05, 0) is 43.2 Å². The van der Waals surface area contributed by atoms with E-state index in [-0.39, 0.29) is 24.1 Å². The highest BCUT2D eigenvalue weighted by Crippen LogP contribution is 2.30. The molecule has 1 atom stereocenters. The van der Waals surface area contributed by atoms with Crippen molar-refractivity contribution in [3.8, 4) is 0 Å². The standard InChI is InChI=1S/C24H27N3O4/c1-16-7-8-17(2)21(13-16)27-15-18(14-22(27)28)23(29)25-20-6-4-3-5-19(20)24(30)26-9-11-31-12-10-26/h3-8,13,18H,9-12,14-15H2,1-2H3,(H,25,29). The van der Waals surface area contributed by atoms with Crippen LogP contribution in [0.15, 0.2) is 42.5 Å². The molecule has 3 amide bonds. The number of amides is 3. The van der Waals surface area contributed by atoms with Crippen LogP contribution in [0.5, 0.6) is 0 Å². The molecule has 0 radical (unpaired) electrons. The predicted molar refractivity (Wildman–Crippen MR) is 118 cm³/mol. The SMILES string of the molecule is Cc1ccc(C)c(N2CC(C(=O)Nc3ccccc3C(=O)N3CCOCC3)CC2=O)c1. The van der Waals surface area contributed by atoms with E-state index >= 15 is 0 Å². The Morgan fingerprint density at radius 2 is 1.81 bits per heavy atom.